The maximum absolute atomic E-state index is 12.2. The van der Waals surface area contributed by atoms with Crippen molar-refractivity contribution >= 4 is 22.8 Å². The number of esters is 1. The molecule has 0 aromatic rings. The number of nitrogens with zero attached hydrogens (tertiary/aromatic N) is 2. The van der Waals surface area contributed by atoms with Gasteiger partial charge in [0, 0.05) is 11.6 Å². The van der Waals surface area contributed by atoms with Gasteiger partial charge in [0.1, 0.15) is 5.92 Å². The molecule has 110 valence electrons. The third-order valence-electron chi connectivity index (χ3n) is 3.28. The zero-order valence-electron chi connectivity index (χ0n) is 12.8. The maximum Gasteiger partial charge on any atom is 0.336 e. The molecule has 0 aromatic carbocycles. The lowest BCUT2D eigenvalue weighted by Gasteiger charge is -2.30. The third-order valence-corrected chi connectivity index (χ3v) is 4.04. The van der Waals surface area contributed by atoms with Gasteiger partial charge in [-0.2, -0.15) is 5.26 Å². The molecule has 1 aliphatic heterocycles. The van der Waals surface area contributed by atoms with Gasteiger partial charge in [0.2, 0.25) is 0 Å². The Kier molecular flexibility index (Phi) is 6.28. The van der Waals surface area contributed by atoms with Crippen molar-refractivity contribution in [3.63, 3.8) is 0 Å². The minimum Gasteiger partial charge on any atom is -0.463 e. The minimum atomic E-state index is -0.351. The summed E-state index contributed by atoms with van der Waals surface area (Å²) in [6.07, 6.45) is 2.70. The predicted molar refractivity (Wildman–Crippen MR) is 82.3 cm³/mol. The SMILES string of the molecule is CCOC(=O)C1=C(C)N=C(SC)[C@@H](C#N)[C@@H]1CC(C)C. The second-order valence-corrected chi connectivity index (χ2v) is 6.04. The number of ether oxygens (including phenoxy) is 1. The van der Waals surface area contributed by atoms with Gasteiger partial charge in [0.25, 0.3) is 0 Å². The molecule has 0 fully saturated rings. The molecule has 0 amide bonds. The molecule has 0 aromatic heterocycles. The van der Waals surface area contributed by atoms with E-state index in [2.05, 4.69) is 24.9 Å². The molecule has 0 saturated carbocycles. The predicted octanol–water partition coefficient (Wildman–Crippen LogP) is 3.40. The van der Waals surface area contributed by atoms with Crippen LogP contribution >= 0.6 is 11.8 Å². The van der Waals surface area contributed by atoms with E-state index in [-0.39, 0.29) is 17.8 Å². The Hall–Kier alpha value is -1.28. The van der Waals surface area contributed by atoms with E-state index in [0.717, 1.165) is 11.5 Å². The molecule has 1 rings (SSSR count). The molecule has 1 heterocycles. The molecule has 0 unspecified atom stereocenters. The van der Waals surface area contributed by atoms with Gasteiger partial charge in [0.15, 0.2) is 0 Å². The van der Waals surface area contributed by atoms with Gasteiger partial charge < -0.3 is 4.74 Å². The first-order chi connectivity index (χ1) is 9.46. The van der Waals surface area contributed by atoms with Crippen molar-refractivity contribution in [1.29, 1.82) is 5.26 Å². The van der Waals surface area contributed by atoms with Gasteiger partial charge in [0.05, 0.1) is 23.3 Å². The van der Waals surface area contributed by atoms with E-state index in [9.17, 15) is 10.1 Å². The number of nitriles is 1. The van der Waals surface area contributed by atoms with Crippen molar-refractivity contribution in [3.05, 3.63) is 11.3 Å². The van der Waals surface area contributed by atoms with E-state index in [1.165, 1.54) is 11.8 Å². The Labute approximate surface area is 125 Å². The Balaban J connectivity index is 3.27. The number of hydrogen-bond donors (Lipinski definition) is 0. The lowest BCUT2D eigenvalue weighted by atomic mass is 9.79. The number of allylic oxidation sites excluding steroid dienone is 1. The molecule has 0 aliphatic carbocycles. The lowest BCUT2D eigenvalue weighted by Crippen LogP contribution is -2.31. The largest absolute Gasteiger partial charge is 0.463 e. The van der Waals surface area contributed by atoms with E-state index in [0.29, 0.717) is 23.8 Å². The van der Waals surface area contributed by atoms with Crippen LogP contribution in [0.2, 0.25) is 0 Å². The van der Waals surface area contributed by atoms with Gasteiger partial charge >= 0.3 is 5.97 Å². The Morgan fingerprint density at radius 2 is 2.20 bits per heavy atom. The zero-order valence-corrected chi connectivity index (χ0v) is 13.6. The fourth-order valence-corrected chi connectivity index (χ4v) is 3.19. The first-order valence-corrected chi connectivity index (χ1v) is 8.08. The van der Waals surface area contributed by atoms with Crippen LogP contribution in [0, 0.1) is 29.1 Å². The molecule has 0 spiro atoms. The molecule has 0 radical (unpaired) electrons. The molecule has 0 N–H and O–H groups in total. The van der Waals surface area contributed by atoms with E-state index in [1.807, 2.05) is 13.2 Å². The summed E-state index contributed by atoms with van der Waals surface area (Å²) in [4.78, 5) is 16.6. The van der Waals surface area contributed by atoms with Crippen molar-refractivity contribution < 1.29 is 9.53 Å². The molecule has 0 bridgehead atoms. The van der Waals surface area contributed by atoms with Crippen LogP contribution in [0.3, 0.4) is 0 Å². The Morgan fingerprint density at radius 3 is 2.65 bits per heavy atom. The first kappa shape index (κ1) is 16.8. The number of hydrogen-bond acceptors (Lipinski definition) is 5. The van der Waals surface area contributed by atoms with E-state index < -0.39 is 0 Å². The van der Waals surface area contributed by atoms with E-state index in [1.54, 1.807) is 6.92 Å². The molecular weight excluding hydrogens is 272 g/mol. The number of thioether (sulfide) groups is 1. The van der Waals surface area contributed by atoms with Crippen LogP contribution in [-0.2, 0) is 9.53 Å². The highest BCUT2D eigenvalue weighted by molar-refractivity contribution is 8.13. The highest BCUT2D eigenvalue weighted by Crippen LogP contribution is 2.37. The summed E-state index contributed by atoms with van der Waals surface area (Å²) in [5.74, 6) is -0.413. The van der Waals surface area contributed by atoms with Crippen LogP contribution in [0.25, 0.3) is 0 Å². The monoisotopic (exact) mass is 294 g/mol. The van der Waals surface area contributed by atoms with Gasteiger partial charge in [-0.15, -0.1) is 11.8 Å². The lowest BCUT2D eigenvalue weighted by molar-refractivity contribution is -0.139. The smallest absolute Gasteiger partial charge is 0.336 e. The molecule has 20 heavy (non-hydrogen) atoms. The standard InChI is InChI=1S/C15H22N2O2S/c1-6-19-15(18)13-10(4)17-14(20-5)12(8-16)11(13)7-9(2)3/h9,11-12H,6-7H2,1-5H3/t11-,12-/m0/s1. The quantitative estimate of drug-likeness (QED) is 0.745. The van der Waals surface area contributed by atoms with Crippen LogP contribution in [0.4, 0.5) is 0 Å². The van der Waals surface area contributed by atoms with Crippen molar-refractivity contribution in [1.82, 2.24) is 0 Å². The second-order valence-electron chi connectivity index (χ2n) is 5.22. The molecule has 0 saturated heterocycles. The summed E-state index contributed by atoms with van der Waals surface area (Å²) >= 11 is 1.48. The molecule has 2 atom stereocenters. The van der Waals surface area contributed by atoms with Gasteiger partial charge in [-0.05, 0) is 32.4 Å². The van der Waals surface area contributed by atoms with Gasteiger partial charge in [-0.3, -0.25) is 0 Å². The van der Waals surface area contributed by atoms with E-state index in [4.69, 9.17) is 4.74 Å². The molecule has 4 nitrogen and oxygen atoms in total. The summed E-state index contributed by atoms with van der Waals surface area (Å²) in [5.41, 5.74) is 1.26. The summed E-state index contributed by atoms with van der Waals surface area (Å²) in [6, 6.07) is 2.31. The van der Waals surface area contributed by atoms with Crippen LogP contribution in [0.5, 0.6) is 0 Å². The van der Waals surface area contributed by atoms with Crippen LogP contribution < -0.4 is 0 Å². The average Bonchev–Trinajstić information content (AvgIpc) is 2.37. The maximum atomic E-state index is 12.2. The summed E-state index contributed by atoms with van der Waals surface area (Å²) in [6.45, 7) is 8.13. The molecule has 5 heteroatoms. The molecule has 1 aliphatic rings. The normalized spacial score (nSPS) is 22.6. The third kappa shape index (κ3) is 3.63. The van der Waals surface area contributed by atoms with Crippen LogP contribution in [-0.4, -0.2) is 23.9 Å². The highest BCUT2D eigenvalue weighted by atomic mass is 32.2. The van der Waals surface area contributed by atoms with E-state index >= 15 is 0 Å². The summed E-state index contributed by atoms with van der Waals surface area (Å²) < 4.78 is 5.14. The molecular formula is C15H22N2O2S. The first-order valence-electron chi connectivity index (χ1n) is 6.86. The van der Waals surface area contributed by atoms with Crippen molar-refractivity contribution in [3.8, 4) is 6.07 Å². The van der Waals surface area contributed by atoms with Crippen molar-refractivity contribution in [2.75, 3.05) is 12.9 Å². The fourth-order valence-electron chi connectivity index (χ4n) is 2.49. The Bertz CT molecular complexity index is 475. The van der Waals surface area contributed by atoms with Crippen molar-refractivity contribution in [2.45, 2.75) is 34.1 Å². The minimum absolute atomic E-state index is 0.126. The van der Waals surface area contributed by atoms with Gasteiger partial charge in [-0.1, -0.05) is 13.8 Å². The number of aliphatic imine (C=N–C) groups is 1. The zero-order chi connectivity index (χ0) is 15.3. The second kappa shape index (κ2) is 7.49. The fraction of sp³-hybridized carbons (Fsp3) is 0.667. The average molecular weight is 294 g/mol. The Morgan fingerprint density at radius 1 is 1.55 bits per heavy atom. The van der Waals surface area contributed by atoms with Crippen LogP contribution in [0.15, 0.2) is 16.3 Å². The topological polar surface area (TPSA) is 62.4 Å². The van der Waals surface area contributed by atoms with Gasteiger partial charge in [-0.25, -0.2) is 9.79 Å². The number of rotatable bonds is 4. The summed E-state index contributed by atoms with van der Waals surface area (Å²) in [5, 5.41) is 10.3. The van der Waals surface area contributed by atoms with Crippen LogP contribution in [0.1, 0.15) is 34.1 Å². The highest BCUT2D eigenvalue weighted by Gasteiger charge is 2.38. The number of carbonyl (C=O) groups excluding carboxylic acids is 1. The number of carbonyl (C=O) groups is 1. The van der Waals surface area contributed by atoms with Crippen molar-refractivity contribution in [2.24, 2.45) is 22.7 Å². The summed E-state index contributed by atoms with van der Waals surface area (Å²) in [7, 11) is 0.